The first kappa shape index (κ1) is 29.4. The van der Waals surface area contributed by atoms with Crippen LogP contribution in [0, 0.1) is 13.8 Å². The molecule has 0 aromatic heterocycles. The predicted molar refractivity (Wildman–Crippen MR) is 154 cm³/mol. The van der Waals surface area contributed by atoms with Crippen LogP contribution in [0.25, 0.3) is 0 Å². The van der Waals surface area contributed by atoms with Gasteiger partial charge in [0.05, 0.1) is 12.8 Å². The van der Waals surface area contributed by atoms with Crippen LogP contribution in [0.4, 0.5) is 11.4 Å². The quantitative estimate of drug-likeness (QED) is 0.134. The molecule has 3 amide bonds. The molecule has 0 fully saturated rings. The van der Waals surface area contributed by atoms with Gasteiger partial charge >= 0.3 is 11.8 Å². The molecule has 0 unspecified atom stereocenters. The van der Waals surface area contributed by atoms with Crippen LogP contribution in [0.2, 0.25) is 0 Å². The van der Waals surface area contributed by atoms with Crippen LogP contribution in [-0.2, 0) is 14.4 Å². The second kappa shape index (κ2) is 14.7. The summed E-state index contributed by atoms with van der Waals surface area (Å²) in [6.45, 7) is 9.82. The highest BCUT2D eigenvalue weighted by Gasteiger charge is 2.13. The van der Waals surface area contributed by atoms with E-state index in [1.54, 1.807) is 48.5 Å². The zero-order chi connectivity index (χ0) is 28.9. The highest BCUT2D eigenvalue weighted by atomic mass is 16.5. The monoisotopic (exact) mass is 544 g/mol. The fraction of sp³-hybridized carbons (Fsp3) is 0.200. The molecular formula is C30H32N4O6. The molecule has 0 saturated heterocycles. The Balaban J connectivity index is 1.53. The van der Waals surface area contributed by atoms with E-state index in [1.807, 2.05) is 39.0 Å². The van der Waals surface area contributed by atoms with Crippen LogP contribution >= 0.6 is 0 Å². The average molecular weight is 545 g/mol. The molecule has 0 aliphatic carbocycles. The Morgan fingerprint density at radius 3 is 2.35 bits per heavy atom. The Morgan fingerprint density at radius 1 is 0.875 bits per heavy atom. The first-order valence-corrected chi connectivity index (χ1v) is 12.5. The molecule has 0 spiro atoms. The van der Waals surface area contributed by atoms with Gasteiger partial charge in [-0.15, -0.1) is 0 Å². The summed E-state index contributed by atoms with van der Waals surface area (Å²) in [4.78, 5) is 36.7. The number of ether oxygens (including phenoxy) is 3. The second-order valence-corrected chi connectivity index (χ2v) is 8.57. The topological polar surface area (TPSA) is 127 Å². The Kier molecular flexibility index (Phi) is 10.8. The summed E-state index contributed by atoms with van der Waals surface area (Å²) in [7, 11) is 0. The van der Waals surface area contributed by atoms with Crippen molar-refractivity contribution < 1.29 is 28.6 Å². The molecule has 0 heterocycles. The summed E-state index contributed by atoms with van der Waals surface area (Å²) in [6.07, 6.45) is 2.98. The number of anilines is 2. The smallest absolute Gasteiger partial charge is 0.329 e. The van der Waals surface area contributed by atoms with Crippen LogP contribution in [0.1, 0.15) is 23.6 Å². The van der Waals surface area contributed by atoms with Gasteiger partial charge < -0.3 is 24.8 Å². The molecule has 40 heavy (non-hydrogen) atoms. The number of benzene rings is 3. The molecular weight excluding hydrogens is 512 g/mol. The fourth-order valence-corrected chi connectivity index (χ4v) is 3.47. The normalized spacial score (nSPS) is 10.5. The summed E-state index contributed by atoms with van der Waals surface area (Å²) in [6, 6.07) is 17.3. The fourth-order valence-electron chi connectivity index (χ4n) is 3.47. The van der Waals surface area contributed by atoms with E-state index in [9.17, 15) is 14.4 Å². The highest BCUT2D eigenvalue weighted by molar-refractivity contribution is 6.39. The zero-order valence-electron chi connectivity index (χ0n) is 22.7. The minimum atomic E-state index is -0.942. The van der Waals surface area contributed by atoms with Gasteiger partial charge in [-0.3, -0.25) is 14.4 Å². The minimum Gasteiger partial charge on any atom is -0.490 e. The van der Waals surface area contributed by atoms with Gasteiger partial charge in [0, 0.05) is 11.4 Å². The zero-order valence-corrected chi connectivity index (χ0v) is 22.7. The van der Waals surface area contributed by atoms with Crippen LogP contribution in [0.5, 0.6) is 17.2 Å². The molecule has 0 bridgehead atoms. The van der Waals surface area contributed by atoms with Gasteiger partial charge in [0.15, 0.2) is 18.1 Å². The Labute approximate surface area is 233 Å². The van der Waals surface area contributed by atoms with Crippen LogP contribution < -0.4 is 30.3 Å². The Morgan fingerprint density at radius 2 is 1.65 bits per heavy atom. The van der Waals surface area contributed by atoms with Crippen LogP contribution in [0.15, 0.2) is 78.4 Å². The lowest BCUT2D eigenvalue weighted by molar-refractivity contribution is -0.136. The van der Waals surface area contributed by atoms with Gasteiger partial charge in [-0.05, 0) is 80.4 Å². The molecule has 3 rings (SSSR count). The van der Waals surface area contributed by atoms with Crippen molar-refractivity contribution >= 4 is 35.3 Å². The summed E-state index contributed by atoms with van der Waals surface area (Å²) in [5, 5.41) is 9.16. The minimum absolute atomic E-state index is 0.212. The maximum atomic E-state index is 12.4. The van der Waals surface area contributed by atoms with Crippen molar-refractivity contribution in [2.24, 2.45) is 5.10 Å². The lowest BCUT2D eigenvalue weighted by Crippen LogP contribution is -2.32. The van der Waals surface area contributed by atoms with E-state index in [0.29, 0.717) is 41.7 Å². The molecule has 0 atom stereocenters. The van der Waals surface area contributed by atoms with Gasteiger partial charge in [-0.25, -0.2) is 5.43 Å². The number of carbonyl (C=O) groups is 3. The maximum Gasteiger partial charge on any atom is 0.329 e. The Bertz CT molecular complexity index is 1390. The van der Waals surface area contributed by atoms with Crippen molar-refractivity contribution in [1.29, 1.82) is 0 Å². The van der Waals surface area contributed by atoms with E-state index in [-0.39, 0.29) is 12.5 Å². The number of hydrogen-bond acceptors (Lipinski definition) is 7. The standard InChI is InChI=1S/C30H32N4O6/c1-5-15-39-24-11-9-23(10-12-24)32-29(36)30(37)34-31-18-22-8-14-26(27(17-22)38-6-2)40-19-28(35)33-25-13-7-20(3)16-21(25)4/h5,7-14,16-18H,1,6,15,19H2,2-4H3,(H,32,36)(H,33,35)(H,34,37)/b31-18-. The number of amides is 3. The summed E-state index contributed by atoms with van der Waals surface area (Å²) in [5.41, 5.74) is 5.97. The van der Waals surface area contributed by atoms with E-state index in [4.69, 9.17) is 14.2 Å². The van der Waals surface area contributed by atoms with Crippen molar-refractivity contribution in [2.45, 2.75) is 20.8 Å². The van der Waals surface area contributed by atoms with Gasteiger partial charge in [0.1, 0.15) is 12.4 Å². The van der Waals surface area contributed by atoms with Crippen molar-refractivity contribution in [1.82, 2.24) is 5.43 Å². The third kappa shape index (κ3) is 9.02. The van der Waals surface area contributed by atoms with E-state index in [0.717, 1.165) is 16.8 Å². The van der Waals surface area contributed by atoms with E-state index in [2.05, 4.69) is 27.7 Å². The number of hydrogen-bond donors (Lipinski definition) is 3. The molecule has 0 radical (unpaired) electrons. The number of carbonyl (C=O) groups excluding carboxylic acids is 3. The molecule has 0 aliphatic heterocycles. The summed E-state index contributed by atoms with van der Waals surface area (Å²) >= 11 is 0. The second-order valence-electron chi connectivity index (χ2n) is 8.57. The van der Waals surface area contributed by atoms with Crippen LogP contribution in [-0.4, -0.2) is 43.8 Å². The predicted octanol–water partition coefficient (Wildman–Crippen LogP) is 4.37. The molecule has 0 aliphatic rings. The average Bonchev–Trinajstić information content (AvgIpc) is 2.94. The van der Waals surface area contributed by atoms with Crippen molar-refractivity contribution in [3.8, 4) is 17.2 Å². The summed E-state index contributed by atoms with van der Waals surface area (Å²) in [5.74, 6) is -0.749. The number of aryl methyl sites for hydroxylation is 2. The first-order valence-electron chi connectivity index (χ1n) is 12.5. The van der Waals surface area contributed by atoms with Gasteiger partial charge in [0.2, 0.25) is 0 Å². The third-order valence-electron chi connectivity index (χ3n) is 5.35. The SMILES string of the molecule is C=CCOc1ccc(NC(=O)C(=O)N/N=C\c2ccc(OCC(=O)Nc3ccc(C)cc3C)c(OCC)c2)cc1. The molecule has 0 saturated carbocycles. The van der Waals surface area contributed by atoms with Crippen LogP contribution in [0.3, 0.4) is 0 Å². The maximum absolute atomic E-state index is 12.4. The van der Waals surface area contributed by atoms with E-state index >= 15 is 0 Å². The molecule has 10 nitrogen and oxygen atoms in total. The number of nitrogens with zero attached hydrogens (tertiary/aromatic N) is 1. The third-order valence-corrected chi connectivity index (χ3v) is 5.35. The molecule has 3 aromatic rings. The Hall–Kier alpha value is -5.12. The number of hydrazone groups is 1. The molecule has 10 heteroatoms. The number of nitrogens with one attached hydrogen (secondary N) is 3. The largest absolute Gasteiger partial charge is 0.490 e. The summed E-state index contributed by atoms with van der Waals surface area (Å²) < 4.78 is 16.7. The molecule has 208 valence electrons. The van der Waals surface area contributed by atoms with Crippen molar-refractivity contribution in [2.75, 3.05) is 30.5 Å². The van der Waals surface area contributed by atoms with Crippen molar-refractivity contribution in [3.05, 3.63) is 90.0 Å². The highest BCUT2D eigenvalue weighted by Crippen LogP contribution is 2.28. The lowest BCUT2D eigenvalue weighted by atomic mass is 10.1. The lowest BCUT2D eigenvalue weighted by Gasteiger charge is -2.13. The molecule has 3 N–H and O–H groups in total. The van der Waals surface area contributed by atoms with E-state index < -0.39 is 11.8 Å². The first-order chi connectivity index (χ1) is 19.3. The van der Waals surface area contributed by atoms with E-state index in [1.165, 1.54) is 6.21 Å². The van der Waals surface area contributed by atoms with Gasteiger partial charge in [-0.1, -0.05) is 30.4 Å². The number of rotatable bonds is 12. The molecule has 3 aromatic carbocycles. The van der Waals surface area contributed by atoms with Crippen molar-refractivity contribution in [3.63, 3.8) is 0 Å². The van der Waals surface area contributed by atoms with Gasteiger partial charge in [0.25, 0.3) is 5.91 Å². The van der Waals surface area contributed by atoms with Gasteiger partial charge in [-0.2, -0.15) is 5.10 Å².